The number of hydrogen-bond donors (Lipinski definition) is 1. The van der Waals surface area contributed by atoms with Crippen LogP contribution in [-0.2, 0) is 16.1 Å². The lowest BCUT2D eigenvalue weighted by Crippen LogP contribution is -2.48. The molecule has 2 aromatic rings. The van der Waals surface area contributed by atoms with Gasteiger partial charge in [0.25, 0.3) is 5.91 Å². The van der Waals surface area contributed by atoms with Crippen molar-refractivity contribution in [2.24, 2.45) is 0 Å². The molecular formula is C20H22Cl2N2O4. The van der Waals surface area contributed by atoms with E-state index in [1.165, 1.54) is 11.9 Å². The highest BCUT2D eigenvalue weighted by molar-refractivity contribution is 6.36. The van der Waals surface area contributed by atoms with Crippen molar-refractivity contribution in [2.75, 3.05) is 20.8 Å². The number of rotatable bonds is 8. The van der Waals surface area contributed by atoms with E-state index in [2.05, 4.69) is 5.32 Å². The second-order valence-electron chi connectivity index (χ2n) is 5.98. The summed E-state index contributed by atoms with van der Waals surface area (Å²) in [7, 11) is 3.08. The molecule has 0 saturated carbocycles. The number of benzene rings is 2. The molecule has 150 valence electrons. The molecule has 2 aromatic carbocycles. The number of hydrogen-bond acceptors (Lipinski definition) is 4. The van der Waals surface area contributed by atoms with Gasteiger partial charge in [-0.25, -0.2) is 0 Å². The van der Waals surface area contributed by atoms with Gasteiger partial charge in [0, 0.05) is 29.2 Å². The molecule has 0 heterocycles. The van der Waals surface area contributed by atoms with Gasteiger partial charge in [0.2, 0.25) is 5.91 Å². The summed E-state index contributed by atoms with van der Waals surface area (Å²) in [5.74, 6) is 0.517. The molecule has 0 spiro atoms. The minimum Gasteiger partial charge on any atom is -0.497 e. The van der Waals surface area contributed by atoms with Crippen molar-refractivity contribution < 1.29 is 19.1 Å². The summed E-state index contributed by atoms with van der Waals surface area (Å²) >= 11 is 12.5. The third-order valence-corrected chi connectivity index (χ3v) is 4.93. The lowest BCUT2D eigenvalue weighted by atomic mass is 10.1. The molecule has 0 radical (unpaired) electrons. The van der Waals surface area contributed by atoms with Gasteiger partial charge >= 0.3 is 0 Å². The summed E-state index contributed by atoms with van der Waals surface area (Å²) < 4.78 is 10.7. The molecule has 28 heavy (non-hydrogen) atoms. The molecule has 1 atom stereocenters. The van der Waals surface area contributed by atoms with Gasteiger partial charge in [-0.3, -0.25) is 9.59 Å². The van der Waals surface area contributed by atoms with Crippen molar-refractivity contribution >= 4 is 35.0 Å². The number of carbonyl (C=O) groups excluding carboxylic acids is 2. The van der Waals surface area contributed by atoms with Crippen LogP contribution in [-0.4, -0.2) is 43.5 Å². The smallest absolute Gasteiger partial charge is 0.261 e. The summed E-state index contributed by atoms with van der Waals surface area (Å²) in [6.45, 7) is 1.47. The second-order valence-corrected chi connectivity index (χ2v) is 6.79. The van der Waals surface area contributed by atoms with Crippen molar-refractivity contribution in [2.45, 2.75) is 19.5 Å². The Bertz CT molecular complexity index is 807. The Kier molecular flexibility index (Phi) is 7.96. The maximum Gasteiger partial charge on any atom is 0.261 e. The van der Waals surface area contributed by atoms with Crippen LogP contribution in [0.15, 0.2) is 42.5 Å². The topological polar surface area (TPSA) is 67.9 Å². The van der Waals surface area contributed by atoms with Gasteiger partial charge in [-0.1, -0.05) is 29.3 Å². The molecular weight excluding hydrogens is 403 g/mol. The van der Waals surface area contributed by atoms with Gasteiger partial charge in [0.15, 0.2) is 6.61 Å². The highest BCUT2D eigenvalue weighted by atomic mass is 35.5. The van der Waals surface area contributed by atoms with Crippen LogP contribution in [0.4, 0.5) is 0 Å². The van der Waals surface area contributed by atoms with Crippen molar-refractivity contribution in [3.8, 4) is 11.5 Å². The van der Waals surface area contributed by atoms with Crippen molar-refractivity contribution in [3.63, 3.8) is 0 Å². The van der Waals surface area contributed by atoms with Crippen molar-refractivity contribution in [1.82, 2.24) is 10.2 Å². The second kappa shape index (κ2) is 10.2. The Morgan fingerprint density at radius 3 is 2.18 bits per heavy atom. The number of likely N-dealkylation sites (N-methyl/N-ethyl adjacent to an activating group) is 1. The molecule has 2 rings (SSSR count). The van der Waals surface area contributed by atoms with E-state index in [-0.39, 0.29) is 25.0 Å². The van der Waals surface area contributed by atoms with Crippen LogP contribution < -0.4 is 14.8 Å². The van der Waals surface area contributed by atoms with E-state index in [0.29, 0.717) is 27.1 Å². The Labute approximate surface area is 174 Å². The van der Waals surface area contributed by atoms with Crippen molar-refractivity contribution in [3.05, 3.63) is 58.1 Å². The van der Waals surface area contributed by atoms with Gasteiger partial charge in [0.05, 0.1) is 7.11 Å². The molecule has 0 aliphatic rings. The Morgan fingerprint density at radius 2 is 1.64 bits per heavy atom. The maximum atomic E-state index is 12.8. The third kappa shape index (κ3) is 5.53. The molecule has 0 aliphatic heterocycles. The number of nitrogens with one attached hydrogen (secondary N) is 1. The molecule has 0 aromatic heterocycles. The Morgan fingerprint density at radius 1 is 1.07 bits per heavy atom. The van der Waals surface area contributed by atoms with Crippen LogP contribution in [0, 0.1) is 0 Å². The zero-order chi connectivity index (χ0) is 20.7. The fourth-order valence-electron chi connectivity index (χ4n) is 2.55. The van der Waals surface area contributed by atoms with Crippen LogP contribution in [0.1, 0.15) is 12.5 Å². The molecule has 1 unspecified atom stereocenters. The number of halogens is 2. The van der Waals surface area contributed by atoms with E-state index in [4.69, 9.17) is 32.7 Å². The summed E-state index contributed by atoms with van der Waals surface area (Å²) in [6.07, 6.45) is 0. The highest BCUT2D eigenvalue weighted by Crippen LogP contribution is 2.26. The fraction of sp³-hybridized carbons (Fsp3) is 0.300. The zero-order valence-corrected chi connectivity index (χ0v) is 17.4. The van der Waals surface area contributed by atoms with E-state index in [1.807, 2.05) is 0 Å². The van der Waals surface area contributed by atoms with E-state index in [0.717, 1.165) is 0 Å². The number of amides is 2. The van der Waals surface area contributed by atoms with E-state index in [1.54, 1.807) is 56.5 Å². The molecule has 0 fully saturated rings. The first-order chi connectivity index (χ1) is 13.4. The lowest BCUT2D eigenvalue weighted by molar-refractivity contribution is -0.142. The number of carbonyl (C=O) groups is 2. The summed E-state index contributed by atoms with van der Waals surface area (Å²) in [5, 5.41) is 3.39. The molecule has 0 bridgehead atoms. The summed E-state index contributed by atoms with van der Waals surface area (Å²) in [4.78, 5) is 26.4. The van der Waals surface area contributed by atoms with Gasteiger partial charge in [0.1, 0.15) is 17.5 Å². The van der Waals surface area contributed by atoms with Crippen LogP contribution in [0.2, 0.25) is 10.0 Å². The van der Waals surface area contributed by atoms with E-state index in [9.17, 15) is 9.59 Å². The molecule has 8 heteroatoms. The standard InChI is InChI=1S/C20H22Cl2N2O4/c1-13(20(26)23-2)24(11-16-17(21)5-4-6-18(16)22)19(25)12-28-15-9-7-14(27-3)8-10-15/h4-10,13H,11-12H2,1-3H3,(H,23,26). The normalized spacial score (nSPS) is 11.5. The minimum atomic E-state index is -0.732. The van der Waals surface area contributed by atoms with Gasteiger partial charge in [-0.2, -0.15) is 0 Å². The van der Waals surface area contributed by atoms with E-state index < -0.39 is 6.04 Å². The predicted octanol–water partition coefficient (Wildman–Crippen LogP) is 3.54. The van der Waals surface area contributed by atoms with Gasteiger partial charge < -0.3 is 19.7 Å². The van der Waals surface area contributed by atoms with Crippen LogP contribution in [0.5, 0.6) is 11.5 Å². The van der Waals surface area contributed by atoms with Crippen LogP contribution in [0.25, 0.3) is 0 Å². The lowest BCUT2D eigenvalue weighted by Gasteiger charge is -2.29. The SMILES string of the molecule is CNC(=O)C(C)N(Cc1c(Cl)cccc1Cl)C(=O)COc1ccc(OC)cc1. The predicted molar refractivity (Wildman–Crippen MR) is 109 cm³/mol. The zero-order valence-electron chi connectivity index (χ0n) is 15.9. The number of methoxy groups -OCH3 is 1. The first kappa shape index (κ1) is 21.9. The molecule has 0 saturated heterocycles. The number of nitrogens with zero attached hydrogens (tertiary/aromatic N) is 1. The first-order valence-corrected chi connectivity index (χ1v) is 9.33. The average molecular weight is 425 g/mol. The summed E-state index contributed by atoms with van der Waals surface area (Å²) in [6, 6.07) is 11.2. The minimum absolute atomic E-state index is 0.0812. The number of ether oxygens (including phenoxy) is 2. The third-order valence-electron chi connectivity index (χ3n) is 4.23. The van der Waals surface area contributed by atoms with Crippen LogP contribution in [0.3, 0.4) is 0 Å². The monoisotopic (exact) mass is 424 g/mol. The maximum absolute atomic E-state index is 12.8. The van der Waals surface area contributed by atoms with E-state index >= 15 is 0 Å². The van der Waals surface area contributed by atoms with Crippen LogP contribution >= 0.6 is 23.2 Å². The Balaban J connectivity index is 2.17. The first-order valence-electron chi connectivity index (χ1n) is 8.58. The largest absolute Gasteiger partial charge is 0.497 e. The average Bonchev–Trinajstić information content (AvgIpc) is 2.71. The summed E-state index contributed by atoms with van der Waals surface area (Å²) in [5.41, 5.74) is 0.569. The molecule has 6 nitrogen and oxygen atoms in total. The molecule has 0 aliphatic carbocycles. The van der Waals surface area contributed by atoms with Gasteiger partial charge in [-0.15, -0.1) is 0 Å². The fourth-order valence-corrected chi connectivity index (χ4v) is 3.06. The van der Waals surface area contributed by atoms with Gasteiger partial charge in [-0.05, 0) is 43.3 Å². The molecule has 1 N–H and O–H groups in total. The Hall–Kier alpha value is -2.44. The van der Waals surface area contributed by atoms with Crippen molar-refractivity contribution in [1.29, 1.82) is 0 Å². The molecule has 2 amide bonds. The highest BCUT2D eigenvalue weighted by Gasteiger charge is 2.27. The quantitative estimate of drug-likeness (QED) is 0.703.